The zero-order chi connectivity index (χ0) is 17.1. The van der Waals surface area contributed by atoms with E-state index in [4.69, 9.17) is 9.47 Å². The van der Waals surface area contributed by atoms with E-state index in [0.29, 0.717) is 13.2 Å². The van der Waals surface area contributed by atoms with Gasteiger partial charge in [-0.1, -0.05) is 6.92 Å². The summed E-state index contributed by atoms with van der Waals surface area (Å²) in [4.78, 5) is 18.6. The molecular weight excluding hydrogens is 312 g/mol. The molecule has 23 heavy (non-hydrogen) atoms. The lowest BCUT2D eigenvalue weighted by Crippen LogP contribution is -2.52. The van der Waals surface area contributed by atoms with Crippen molar-refractivity contribution in [3.8, 4) is 0 Å². The molecule has 0 spiro atoms. The van der Waals surface area contributed by atoms with E-state index >= 15 is 0 Å². The molecule has 1 aliphatic rings. The number of ether oxygens (including phenoxy) is 2. The Morgan fingerprint density at radius 2 is 2.22 bits per heavy atom. The van der Waals surface area contributed by atoms with Crippen LogP contribution >= 0.6 is 11.3 Å². The molecule has 1 atom stereocenters. The Morgan fingerprint density at radius 3 is 2.78 bits per heavy atom. The lowest BCUT2D eigenvalue weighted by Gasteiger charge is -2.42. The topological polar surface area (TPSA) is 51.7 Å². The molecular formula is C17H28N2O3S. The number of likely N-dealkylation sites (tertiary alicyclic amines) is 1. The lowest BCUT2D eigenvalue weighted by molar-refractivity contribution is -0.101. The van der Waals surface area contributed by atoms with Crippen molar-refractivity contribution in [1.82, 2.24) is 9.88 Å². The van der Waals surface area contributed by atoms with E-state index in [2.05, 4.69) is 11.9 Å². The second-order valence-electron chi connectivity index (χ2n) is 7.21. The fourth-order valence-corrected chi connectivity index (χ4v) is 3.46. The molecule has 0 aromatic carbocycles. The van der Waals surface area contributed by atoms with Crippen molar-refractivity contribution >= 4 is 17.4 Å². The van der Waals surface area contributed by atoms with Crippen LogP contribution in [0, 0.1) is 6.92 Å². The van der Waals surface area contributed by atoms with E-state index in [1.54, 1.807) is 16.2 Å². The number of amides is 1. The Hall–Kier alpha value is -1.14. The zero-order valence-corrected chi connectivity index (χ0v) is 15.7. The number of rotatable bonds is 4. The van der Waals surface area contributed by atoms with Crippen molar-refractivity contribution in [3.05, 3.63) is 16.1 Å². The van der Waals surface area contributed by atoms with Gasteiger partial charge in [-0.2, -0.15) is 0 Å². The molecule has 6 heteroatoms. The normalized spacial score (nSPS) is 22.2. The molecule has 1 aromatic heterocycles. The first-order valence-corrected chi connectivity index (χ1v) is 9.14. The summed E-state index contributed by atoms with van der Waals surface area (Å²) in [5, 5.41) is 3.02. The van der Waals surface area contributed by atoms with Crippen molar-refractivity contribution in [3.63, 3.8) is 0 Å². The standard InChI is InChI=1S/C17H28N2O3S/c1-6-17(21-10-14-18-13(2)11-23-14)8-7-9-19(12-17)15(20)22-16(3,4)5/h11H,6-10,12H2,1-5H3. The van der Waals surface area contributed by atoms with Gasteiger partial charge >= 0.3 is 6.09 Å². The summed E-state index contributed by atoms with van der Waals surface area (Å²) in [5.74, 6) is 0. The first-order chi connectivity index (χ1) is 10.7. The number of nitrogens with zero attached hydrogens (tertiary/aromatic N) is 2. The van der Waals surface area contributed by atoms with Crippen LogP contribution in [0.5, 0.6) is 0 Å². The molecule has 0 aliphatic carbocycles. The van der Waals surface area contributed by atoms with Crippen LogP contribution in [0.25, 0.3) is 0 Å². The largest absolute Gasteiger partial charge is 0.444 e. The Labute approximate surface area is 143 Å². The summed E-state index contributed by atoms with van der Waals surface area (Å²) in [5.41, 5.74) is 0.260. The number of thiazole rings is 1. The van der Waals surface area contributed by atoms with Gasteiger partial charge in [0.25, 0.3) is 0 Å². The van der Waals surface area contributed by atoms with Crippen molar-refractivity contribution in [2.24, 2.45) is 0 Å². The van der Waals surface area contributed by atoms with Crippen molar-refractivity contribution in [1.29, 1.82) is 0 Å². The van der Waals surface area contributed by atoms with Gasteiger partial charge in [0, 0.05) is 17.6 Å². The number of carbonyl (C=O) groups is 1. The van der Waals surface area contributed by atoms with E-state index in [1.807, 2.05) is 33.1 Å². The summed E-state index contributed by atoms with van der Waals surface area (Å²) in [6.45, 7) is 11.6. The molecule has 0 radical (unpaired) electrons. The van der Waals surface area contributed by atoms with E-state index in [0.717, 1.165) is 36.5 Å². The number of aromatic nitrogens is 1. The molecule has 5 nitrogen and oxygen atoms in total. The first kappa shape index (κ1) is 18.2. The molecule has 130 valence electrons. The fourth-order valence-electron chi connectivity index (χ4n) is 2.77. The maximum atomic E-state index is 12.3. The maximum absolute atomic E-state index is 12.3. The van der Waals surface area contributed by atoms with Gasteiger partial charge in [-0.05, 0) is 47.0 Å². The molecule has 1 amide bonds. The van der Waals surface area contributed by atoms with E-state index in [-0.39, 0.29) is 11.7 Å². The Morgan fingerprint density at radius 1 is 1.48 bits per heavy atom. The quantitative estimate of drug-likeness (QED) is 0.826. The van der Waals surface area contributed by atoms with Crippen molar-refractivity contribution in [2.75, 3.05) is 13.1 Å². The van der Waals surface area contributed by atoms with E-state index < -0.39 is 5.60 Å². The lowest BCUT2D eigenvalue weighted by atomic mass is 9.90. The summed E-state index contributed by atoms with van der Waals surface area (Å²) in [6.07, 6.45) is 2.53. The Bertz CT molecular complexity index is 538. The highest BCUT2D eigenvalue weighted by molar-refractivity contribution is 7.09. The van der Waals surface area contributed by atoms with Crippen LogP contribution in [0.3, 0.4) is 0 Å². The molecule has 1 unspecified atom stereocenters. The van der Waals surface area contributed by atoms with Crippen LogP contribution in [0.4, 0.5) is 4.79 Å². The molecule has 2 heterocycles. The first-order valence-electron chi connectivity index (χ1n) is 8.26. The van der Waals surface area contributed by atoms with Gasteiger partial charge in [0.2, 0.25) is 0 Å². The third-order valence-electron chi connectivity index (χ3n) is 4.00. The average Bonchev–Trinajstić information content (AvgIpc) is 2.89. The SMILES string of the molecule is CCC1(OCc2nc(C)cs2)CCCN(C(=O)OC(C)(C)C)C1. The molecule has 1 saturated heterocycles. The second-order valence-corrected chi connectivity index (χ2v) is 8.16. The minimum atomic E-state index is -0.470. The molecule has 1 aromatic rings. The van der Waals surface area contributed by atoms with Crippen molar-refractivity contribution < 1.29 is 14.3 Å². The van der Waals surface area contributed by atoms with Gasteiger partial charge in [0.05, 0.1) is 18.8 Å². The van der Waals surface area contributed by atoms with Gasteiger partial charge in [-0.25, -0.2) is 9.78 Å². The van der Waals surface area contributed by atoms with Crippen LogP contribution in [-0.4, -0.2) is 40.3 Å². The fraction of sp³-hybridized carbons (Fsp3) is 0.765. The summed E-state index contributed by atoms with van der Waals surface area (Å²) < 4.78 is 11.7. The number of carbonyl (C=O) groups excluding carboxylic acids is 1. The highest BCUT2D eigenvalue weighted by atomic mass is 32.1. The van der Waals surface area contributed by atoms with Gasteiger partial charge in [0.1, 0.15) is 10.6 Å². The number of aryl methyl sites for hydroxylation is 1. The van der Waals surface area contributed by atoms with Crippen LogP contribution in [0.15, 0.2) is 5.38 Å². The minimum absolute atomic E-state index is 0.247. The summed E-state index contributed by atoms with van der Waals surface area (Å²) in [6, 6.07) is 0. The summed E-state index contributed by atoms with van der Waals surface area (Å²) in [7, 11) is 0. The second kappa shape index (κ2) is 7.18. The smallest absolute Gasteiger partial charge is 0.410 e. The molecule has 0 bridgehead atoms. The number of hydrogen-bond acceptors (Lipinski definition) is 5. The van der Waals surface area contributed by atoms with Gasteiger partial charge < -0.3 is 14.4 Å². The molecule has 2 rings (SSSR count). The highest BCUT2D eigenvalue weighted by Gasteiger charge is 2.38. The van der Waals surface area contributed by atoms with Crippen LogP contribution in [0.2, 0.25) is 0 Å². The Kier molecular flexibility index (Phi) is 5.68. The maximum Gasteiger partial charge on any atom is 0.410 e. The highest BCUT2D eigenvalue weighted by Crippen LogP contribution is 2.30. The monoisotopic (exact) mass is 340 g/mol. The zero-order valence-electron chi connectivity index (χ0n) is 14.8. The third-order valence-corrected chi connectivity index (χ3v) is 4.94. The van der Waals surface area contributed by atoms with Gasteiger partial charge in [-0.3, -0.25) is 0 Å². The van der Waals surface area contributed by atoms with E-state index in [9.17, 15) is 4.79 Å². The van der Waals surface area contributed by atoms with Crippen LogP contribution in [-0.2, 0) is 16.1 Å². The minimum Gasteiger partial charge on any atom is -0.444 e. The third kappa shape index (κ3) is 5.18. The molecule has 0 N–H and O–H groups in total. The molecule has 1 aliphatic heterocycles. The van der Waals surface area contributed by atoms with Gasteiger partial charge in [-0.15, -0.1) is 11.3 Å². The van der Waals surface area contributed by atoms with Crippen molar-refractivity contribution in [2.45, 2.75) is 71.7 Å². The van der Waals surface area contributed by atoms with Crippen LogP contribution in [0.1, 0.15) is 57.7 Å². The predicted molar refractivity (Wildman–Crippen MR) is 91.7 cm³/mol. The number of hydrogen-bond donors (Lipinski definition) is 0. The molecule has 1 fully saturated rings. The molecule has 0 saturated carbocycles. The summed E-state index contributed by atoms with van der Waals surface area (Å²) >= 11 is 1.62. The van der Waals surface area contributed by atoms with Gasteiger partial charge in [0.15, 0.2) is 0 Å². The Balaban J connectivity index is 1.98. The predicted octanol–water partition coefficient (Wildman–Crippen LogP) is 4.15. The number of piperidine rings is 1. The van der Waals surface area contributed by atoms with Crippen LogP contribution < -0.4 is 0 Å². The average molecular weight is 340 g/mol. The van der Waals surface area contributed by atoms with E-state index in [1.165, 1.54) is 0 Å².